The summed E-state index contributed by atoms with van der Waals surface area (Å²) >= 11 is 0. The van der Waals surface area contributed by atoms with Gasteiger partial charge in [0, 0.05) is 24.6 Å². The van der Waals surface area contributed by atoms with Gasteiger partial charge in [-0.1, -0.05) is 0 Å². The van der Waals surface area contributed by atoms with E-state index in [0.717, 1.165) is 12.8 Å². The summed E-state index contributed by atoms with van der Waals surface area (Å²) < 4.78 is 56.3. The smallest absolute Gasteiger partial charge is 0.255 e. The van der Waals surface area contributed by atoms with Crippen LogP contribution in [0.25, 0.3) is 0 Å². The Kier molecular flexibility index (Phi) is 5.89. The number of carbonyl (C=O) groups is 1. The van der Waals surface area contributed by atoms with Crippen LogP contribution in [0.2, 0.25) is 0 Å². The number of amides is 1. The summed E-state index contributed by atoms with van der Waals surface area (Å²) in [7, 11) is -2.12. The van der Waals surface area contributed by atoms with Crippen LogP contribution in [-0.2, 0) is 14.8 Å². The number of halogens is 2. The summed E-state index contributed by atoms with van der Waals surface area (Å²) in [6.45, 7) is 0.0422. The molecule has 0 radical (unpaired) electrons. The summed E-state index contributed by atoms with van der Waals surface area (Å²) in [6.07, 6.45) is -0.821. The van der Waals surface area contributed by atoms with Gasteiger partial charge in [-0.2, -0.15) is 0 Å². The molecular formula is C15H20F2N2O4S. The summed E-state index contributed by atoms with van der Waals surface area (Å²) in [5.41, 5.74) is -0.00987. The van der Waals surface area contributed by atoms with Gasteiger partial charge in [-0.15, -0.1) is 0 Å². The van der Waals surface area contributed by atoms with Gasteiger partial charge in [0.05, 0.1) is 18.0 Å². The molecule has 1 aromatic rings. The molecule has 1 aromatic carbocycles. The molecule has 0 aliphatic heterocycles. The SMILES string of the molecule is COCC1(CNS(=O)(=O)c2ccc(C(=O)NCC(F)F)cc2)CC1. The van der Waals surface area contributed by atoms with E-state index in [-0.39, 0.29) is 15.9 Å². The number of nitrogens with one attached hydrogen (secondary N) is 2. The lowest BCUT2D eigenvalue weighted by atomic mass is 10.1. The Morgan fingerprint density at radius 3 is 2.42 bits per heavy atom. The Labute approximate surface area is 139 Å². The second-order valence-electron chi connectivity index (χ2n) is 5.88. The number of alkyl halides is 2. The number of hydrogen-bond acceptors (Lipinski definition) is 4. The van der Waals surface area contributed by atoms with Crippen LogP contribution >= 0.6 is 0 Å². The molecule has 2 N–H and O–H groups in total. The van der Waals surface area contributed by atoms with Crippen LogP contribution in [0.5, 0.6) is 0 Å². The minimum Gasteiger partial charge on any atom is -0.384 e. The van der Waals surface area contributed by atoms with E-state index in [0.29, 0.717) is 13.2 Å². The fourth-order valence-corrected chi connectivity index (χ4v) is 3.40. The number of hydrogen-bond donors (Lipinski definition) is 2. The molecule has 2 rings (SSSR count). The van der Waals surface area contributed by atoms with E-state index in [4.69, 9.17) is 4.74 Å². The lowest BCUT2D eigenvalue weighted by Crippen LogP contribution is -2.32. The zero-order valence-corrected chi connectivity index (χ0v) is 14.0. The molecule has 1 fully saturated rings. The van der Waals surface area contributed by atoms with E-state index >= 15 is 0 Å². The van der Waals surface area contributed by atoms with Crippen LogP contribution in [0, 0.1) is 5.41 Å². The van der Waals surface area contributed by atoms with Crippen LogP contribution in [0.15, 0.2) is 29.2 Å². The van der Waals surface area contributed by atoms with Crippen molar-refractivity contribution in [2.75, 3.05) is 26.8 Å². The van der Waals surface area contributed by atoms with E-state index in [1.807, 2.05) is 0 Å². The van der Waals surface area contributed by atoms with Crippen molar-refractivity contribution in [2.45, 2.75) is 24.2 Å². The molecule has 1 aliphatic carbocycles. The van der Waals surface area contributed by atoms with Crippen molar-refractivity contribution in [1.82, 2.24) is 10.0 Å². The molecule has 1 saturated carbocycles. The highest BCUT2D eigenvalue weighted by Gasteiger charge is 2.43. The zero-order valence-electron chi connectivity index (χ0n) is 13.2. The lowest BCUT2D eigenvalue weighted by Gasteiger charge is -2.15. The van der Waals surface area contributed by atoms with Gasteiger partial charge in [0.1, 0.15) is 0 Å². The highest BCUT2D eigenvalue weighted by atomic mass is 32.2. The van der Waals surface area contributed by atoms with Crippen molar-refractivity contribution < 1.29 is 26.7 Å². The minimum atomic E-state index is -3.70. The van der Waals surface area contributed by atoms with E-state index < -0.39 is 28.9 Å². The molecule has 9 heteroatoms. The molecule has 0 spiro atoms. The maximum atomic E-state index is 12.3. The number of rotatable bonds is 9. The standard InChI is InChI=1S/C15H20F2N2O4S/c1-23-10-15(6-7-15)9-19-24(21,22)12-4-2-11(3-5-12)14(20)18-8-13(16)17/h2-5,13,19H,6-10H2,1H3,(H,18,20). The average Bonchev–Trinajstić information content (AvgIpc) is 3.31. The lowest BCUT2D eigenvalue weighted by molar-refractivity contribution is 0.0891. The van der Waals surface area contributed by atoms with Gasteiger partial charge in [0.25, 0.3) is 12.3 Å². The Morgan fingerprint density at radius 2 is 1.92 bits per heavy atom. The molecule has 0 atom stereocenters. The van der Waals surface area contributed by atoms with E-state index in [9.17, 15) is 22.0 Å². The van der Waals surface area contributed by atoms with Crippen LogP contribution < -0.4 is 10.0 Å². The largest absolute Gasteiger partial charge is 0.384 e. The highest BCUT2D eigenvalue weighted by Crippen LogP contribution is 2.45. The summed E-state index contributed by atoms with van der Waals surface area (Å²) in [5.74, 6) is -0.677. The third-order valence-corrected chi connectivity index (χ3v) is 5.31. The predicted octanol–water partition coefficient (Wildman–Crippen LogP) is 1.39. The number of ether oxygens (including phenoxy) is 1. The van der Waals surface area contributed by atoms with Gasteiger partial charge in [0.15, 0.2) is 0 Å². The number of methoxy groups -OCH3 is 1. The Balaban J connectivity index is 1.97. The van der Waals surface area contributed by atoms with E-state index in [1.165, 1.54) is 24.3 Å². The maximum Gasteiger partial charge on any atom is 0.255 e. The molecule has 0 unspecified atom stereocenters. The van der Waals surface area contributed by atoms with Gasteiger partial charge in [-0.3, -0.25) is 4.79 Å². The van der Waals surface area contributed by atoms with Crippen molar-refractivity contribution in [3.8, 4) is 0 Å². The summed E-state index contributed by atoms with van der Waals surface area (Å²) in [6, 6.07) is 5.12. The summed E-state index contributed by atoms with van der Waals surface area (Å²) in [5, 5.41) is 2.06. The zero-order chi connectivity index (χ0) is 17.8. The fraction of sp³-hybridized carbons (Fsp3) is 0.533. The first-order valence-electron chi connectivity index (χ1n) is 7.43. The first-order chi connectivity index (χ1) is 11.3. The molecule has 0 bridgehead atoms. The topological polar surface area (TPSA) is 84.5 Å². The number of benzene rings is 1. The van der Waals surface area contributed by atoms with Crippen molar-refractivity contribution in [3.63, 3.8) is 0 Å². The Bertz CT molecular complexity index is 673. The fourth-order valence-electron chi connectivity index (χ4n) is 2.24. The van der Waals surface area contributed by atoms with Crippen LogP contribution in [0.3, 0.4) is 0 Å². The van der Waals surface area contributed by atoms with Crippen LogP contribution in [0.4, 0.5) is 8.78 Å². The third kappa shape index (κ3) is 4.96. The van der Waals surface area contributed by atoms with Crippen molar-refractivity contribution >= 4 is 15.9 Å². The van der Waals surface area contributed by atoms with Crippen LogP contribution in [0.1, 0.15) is 23.2 Å². The molecule has 6 nitrogen and oxygen atoms in total. The molecule has 0 aromatic heterocycles. The Hall–Kier alpha value is -1.58. The first kappa shape index (κ1) is 18.8. The van der Waals surface area contributed by atoms with Crippen molar-refractivity contribution in [1.29, 1.82) is 0 Å². The minimum absolute atomic E-state index is 0.0149. The van der Waals surface area contributed by atoms with Gasteiger partial charge in [-0.05, 0) is 37.1 Å². The maximum absolute atomic E-state index is 12.3. The summed E-state index contributed by atoms with van der Waals surface area (Å²) in [4.78, 5) is 11.6. The van der Waals surface area contributed by atoms with Gasteiger partial charge >= 0.3 is 0 Å². The van der Waals surface area contributed by atoms with Gasteiger partial charge in [0.2, 0.25) is 10.0 Å². The Morgan fingerprint density at radius 1 is 1.29 bits per heavy atom. The predicted molar refractivity (Wildman–Crippen MR) is 83.5 cm³/mol. The molecule has 0 saturated heterocycles. The second-order valence-corrected chi connectivity index (χ2v) is 7.65. The molecule has 1 aliphatic rings. The van der Waals surface area contributed by atoms with E-state index in [1.54, 1.807) is 7.11 Å². The number of carbonyl (C=O) groups excluding carboxylic acids is 1. The number of sulfonamides is 1. The van der Waals surface area contributed by atoms with Gasteiger partial charge in [-0.25, -0.2) is 21.9 Å². The van der Waals surface area contributed by atoms with Crippen LogP contribution in [-0.4, -0.2) is 47.6 Å². The first-order valence-corrected chi connectivity index (χ1v) is 8.91. The van der Waals surface area contributed by atoms with Crippen molar-refractivity contribution in [2.24, 2.45) is 5.41 Å². The monoisotopic (exact) mass is 362 g/mol. The van der Waals surface area contributed by atoms with E-state index in [2.05, 4.69) is 10.0 Å². The normalized spacial score (nSPS) is 16.2. The highest BCUT2D eigenvalue weighted by molar-refractivity contribution is 7.89. The molecule has 134 valence electrons. The molecular weight excluding hydrogens is 342 g/mol. The van der Waals surface area contributed by atoms with Gasteiger partial charge < -0.3 is 10.1 Å². The molecule has 24 heavy (non-hydrogen) atoms. The molecule has 0 heterocycles. The van der Waals surface area contributed by atoms with Crippen molar-refractivity contribution in [3.05, 3.63) is 29.8 Å². The average molecular weight is 362 g/mol. The second kappa shape index (κ2) is 7.54. The third-order valence-electron chi connectivity index (χ3n) is 3.89. The molecule has 1 amide bonds. The quantitative estimate of drug-likeness (QED) is 0.695.